The van der Waals surface area contributed by atoms with Crippen molar-refractivity contribution in [2.45, 2.75) is 84.1 Å². The van der Waals surface area contributed by atoms with Crippen molar-refractivity contribution in [2.75, 3.05) is 26.2 Å². The first-order chi connectivity index (χ1) is 35.6. The van der Waals surface area contributed by atoms with Crippen LogP contribution in [0.3, 0.4) is 0 Å². The molecular weight excluding hydrogens is 1020 g/mol. The van der Waals surface area contributed by atoms with Gasteiger partial charge in [-0.25, -0.2) is 9.59 Å². The molecule has 0 radical (unpaired) electrons. The number of hydrogen-bond acceptors (Lipinski definition) is 12. The largest absolute Gasteiger partial charge is 0.465 e. The quantitative estimate of drug-likeness (QED) is 0.0668. The first-order valence-corrected chi connectivity index (χ1v) is 23.2. The first-order valence-electron chi connectivity index (χ1n) is 23.2. The Morgan fingerprint density at radius 3 is 1.72 bits per heavy atom. The maximum Gasteiger partial charge on any atom is 0.416 e. The monoisotopic (exact) mass is 1070 g/mol. The van der Waals surface area contributed by atoms with Gasteiger partial charge in [0.2, 0.25) is 11.7 Å². The van der Waals surface area contributed by atoms with E-state index in [0.29, 0.717) is 64.5 Å². The van der Waals surface area contributed by atoms with E-state index in [0.717, 1.165) is 18.6 Å². The minimum Gasteiger partial charge on any atom is -0.465 e. The molecule has 16 nitrogen and oxygen atoms in total. The summed E-state index contributed by atoms with van der Waals surface area (Å²) in [4.78, 5) is 41.1. The molecule has 0 saturated carbocycles. The van der Waals surface area contributed by atoms with Crippen molar-refractivity contribution in [1.29, 1.82) is 0 Å². The van der Waals surface area contributed by atoms with E-state index in [9.17, 15) is 54.2 Å². The Balaban J connectivity index is 0.000000559. The standard InChI is InChI=1S/C44H40F9N5O5.C7H9N3O3/c1-25(55-61-22-27-6-14-33(15-7-27)42(45,46)47)29-8-10-31(11-9-29)37-54-38(63-57-37)41(24-58(39(59)60)21-36(41)40(3,4)5)32-16-12-30(13-17-32)26(2)56-62-23-28-18-34(43(48,49)50)20-35(19-28)44(51,52)53;11-7(12)10-2-1-5(4-10)6-3-8-9-13-6/h6-20,36H,21-24H2,1-5H3,(H,59,60);3,5H,1-2,4H2,(H,11,12). The van der Waals surface area contributed by atoms with Gasteiger partial charge in [-0.1, -0.05) is 96.9 Å². The number of oxime groups is 2. The molecule has 0 bridgehead atoms. The summed E-state index contributed by atoms with van der Waals surface area (Å²) in [5.74, 6) is 0.761. The predicted octanol–water partition coefficient (Wildman–Crippen LogP) is 12.2. The number of hydrogen-bond donors (Lipinski definition) is 2. The lowest BCUT2D eigenvalue weighted by Gasteiger charge is -2.39. The maximum atomic E-state index is 13.3. The van der Waals surface area contributed by atoms with E-state index in [1.54, 1.807) is 55.5 Å². The highest BCUT2D eigenvalue weighted by Crippen LogP contribution is 2.52. The van der Waals surface area contributed by atoms with Crippen molar-refractivity contribution in [2.24, 2.45) is 21.6 Å². The molecule has 76 heavy (non-hydrogen) atoms. The van der Waals surface area contributed by atoms with Gasteiger partial charge in [0, 0.05) is 48.8 Å². The zero-order chi connectivity index (χ0) is 55.4. The highest BCUT2D eigenvalue weighted by Gasteiger charge is 2.58. The molecular formula is C51H49F9N8O8. The van der Waals surface area contributed by atoms with Gasteiger partial charge in [-0.05, 0) is 83.8 Å². The van der Waals surface area contributed by atoms with E-state index in [1.807, 2.05) is 20.8 Å². The minimum absolute atomic E-state index is 0.0284. The molecule has 404 valence electrons. The van der Waals surface area contributed by atoms with Gasteiger partial charge in [-0.15, -0.1) is 5.10 Å². The van der Waals surface area contributed by atoms with Crippen molar-refractivity contribution in [3.63, 3.8) is 0 Å². The fourth-order valence-corrected chi connectivity index (χ4v) is 8.96. The normalized spacial score (nSPS) is 18.6. The Morgan fingerprint density at radius 1 is 0.697 bits per heavy atom. The van der Waals surface area contributed by atoms with Crippen LogP contribution in [0.5, 0.6) is 0 Å². The Labute approximate surface area is 427 Å². The number of benzene rings is 4. The van der Waals surface area contributed by atoms with Crippen molar-refractivity contribution in [1.82, 2.24) is 30.3 Å². The van der Waals surface area contributed by atoms with E-state index in [4.69, 9.17) is 28.8 Å². The third kappa shape index (κ3) is 13.1. The predicted molar refractivity (Wildman–Crippen MR) is 253 cm³/mol. The number of likely N-dealkylation sites (tertiary alicyclic amines) is 2. The lowest BCUT2D eigenvalue weighted by atomic mass is 9.62. The number of alkyl halides is 9. The molecule has 3 atom stereocenters. The van der Waals surface area contributed by atoms with Gasteiger partial charge in [0.05, 0.1) is 39.7 Å². The number of rotatable bonds is 12. The molecule has 0 spiro atoms. The molecule has 3 unspecified atom stereocenters. The number of nitrogens with zero attached hydrogens (tertiary/aromatic N) is 8. The first kappa shape index (κ1) is 55.8. The number of carbonyl (C=O) groups is 2. The van der Waals surface area contributed by atoms with Crippen LogP contribution in [0.1, 0.15) is 103 Å². The highest BCUT2D eigenvalue weighted by molar-refractivity contribution is 5.99. The summed E-state index contributed by atoms with van der Waals surface area (Å²) in [5.41, 5.74) is -2.19. The highest BCUT2D eigenvalue weighted by atomic mass is 19.4. The summed E-state index contributed by atoms with van der Waals surface area (Å²) in [6.07, 6.45) is -14.2. The average Bonchev–Trinajstić information content (AvgIpc) is 4.23. The molecule has 2 N–H and O–H groups in total. The summed E-state index contributed by atoms with van der Waals surface area (Å²) < 4.78 is 130. The van der Waals surface area contributed by atoms with Gasteiger partial charge in [0.25, 0.3) is 0 Å². The van der Waals surface area contributed by atoms with Gasteiger partial charge in [-0.3, -0.25) is 0 Å². The summed E-state index contributed by atoms with van der Waals surface area (Å²) in [5, 5.41) is 38.1. The second-order valence-electron chi connectivity index (χ2n) is 19.2. The number of amides is 2. The average molecular weight is 1070 g/mol. The Morgan fingerprint density at radius 2 is 1.24 bits per heavy atom. The SMILES string of the molecule is CC(=NOCc1ccc(C(F)(F)F)cc1)c1ccc(-c2noc(C3(c4ccc(C(C)=NOCc5cc(C(F)(F)F)cc(C(F)(F)F)c5)cc4)CN(C(=O)O)CC3C(C)(C)C)n2)cc1.O=C(O)N1CCC(c2cnno2)C1. The fourth-order valence-electron chi connectivity index (χ4n) is 8.96. The van der Waals surface area contributed by atoms with Gasteiger partial charge in [0.15, 0.2) is 5.76 Å². The van der Waals surface area contributed by atoms with Crippen LogP contribution in [0.2, 0.25) is 0 Å². The van der Waals surface area contributed by atoms with Crippen LogP contribution in [-0.4, -0.2) is 90.3 Å². The molecule has 0 aliphatic carbocycles. The molecule has 2 saturated heterocycles. The minimum atomic E-state index is -5.02. The Bertz CT molecular complexity index is 3000. The zero-order valence-corrected chi connectivity index (χ0v) is 41.2. The summed E-state index contributed by atoms with van der Waals surface area (Å²) in [7, 11) is 0. The molecule has 2 aliphatic rings. The van der Waals surface area contributed by atoms with E-state index >= 15 is 0 Å². The lowest BCUT2D eigenvalue weighted by Crippen LogP contribution is -2.43. The van der Waals surface area contributed by atoms with E-state index in [2.05, 4.69) is 25.8 Å². The van der Waals surface area contributed by atoms with E-state index in [1.165, 1.54) is 35.1 Å². The summed E-state index contributed by atoms with van der Waals surface area (Å²) in [6.45, 7) is 9.53. The molecule has 2 aromatic heterocycles. The maximum absolute atomic E-state index is 13.3. The van der Waals surface area contributed by atoms with Crippen molar-refractivity contribution in [3.05, 3.63) is 153 Å². The topological polar surface area (TPSA) is 202 Å². The second-order valence-corrected chi connectivity index (χ2v) is 19.2. The van der Waals surface area contributed by atoms with Gasteiger partial charge >= 0.3 is 30.7 Å². The summed E-state index contributed by atoms with van der Waals surface area (Å²) in [6, 6.07) is 19.5. The molecule has 2 fully saturated rings. The van der Waals surface area contributed by atoms with Crippen molar-refractivity contribution >= 4 is 23.6 Å². The van der Waals surface area contributed by atoms with Crippen LogP contribution in [0.15, 0.2) is 117 Å². The third-order valence-corrected chi connectivity index (χ3v) is 13.0. The van der Waals surface area contributed by atoms with Crippen LogP contribution in [0, 0.1) is 11.3 Å². The van der Waals surface area contributed by atoms with Crippen molar-refractivity contribution in [3.8, 4) is 11.4 Å². The molecule has 6 aromatic rings. The molecule has 2 amide bonds. The van der Waals surface area contributed by atoms with Crippen LogP contribution in [-0.2, 0) is 46.8 Å². The van der Waals surface area contributed by atoms with E-state index in [-0.39, 0.29) is 54.7 Å². The van der Waals surface area contributed by atoms with Crippen LogP contribution in [0.4, 0.5) is 49.1 Å². The second kappa shape index (κ2) is 22.1. The van der Waals surface area contributed by atoms with Crippen LogP contribution < -0.4 is 0 Å². The van der Waals surface area contributed by atoms with Gasteiger partial charge < -0.3 is 38.7 Å². The summed E-state index contributed by atoms with van der Waals surface area (Å²) >= 11 is 0. The molecule has 25 heteroatoms. The Kier molecular flexibility index (Phi) is 16.2. The lowest BCUT2D eigenvalue weighted by molar-refractivity contribution is -0.143. The smallest absolute Gasteiger partial charge is 0.416 e. The van der Waals surface area contributed by atoms with Crippen LogP contribution in [0.25, 0.3) is 11.4 Å². The van der Waals surface area contributed by atoms with Crippen LogP contribution >= 0.6 is 0 Å². The zero-order valence-electron chi connectivity index (χ0n) is 41.2. The van der Waals surface area contributed by atoms with E-state index < -0.39 is 70.8 Å². The number of halogens is 9. The molecule has 2 aliphatic heterocycles. The molecule has 4 heterocycles. The van der Waals surface area contributed by atoms with Gasteiger partial charge in [-0.2, -0.15) is 44.5 Å². The number of aromatic nitrogens is 4. The van der Waals surface area contributed by atoms with Crippen molar-refractivity contribution < 1.29 is 78.0 Å². The Hall–Kier alpha value is -7.99. The molecule has 8 rings (SSSR count). The third-order valence-electron chi connectivity index (χ3n) is 13.0. The van der Waals surface area contributed by atoms with Gasteiger partial charge in [0.1, 0.15) is 13.2 Å². The fraction of sp³-hybridized carbons (Fsp3) is 0.373. The molecule has 4 aromatic carbocycles. The number of carboxylic acid groups (broad SMARTS) is 2.